The van der Waals surface area contributed by atoms with Gasteiger partial charge in [0.2, 0.25) is 0 Å². The van der Waals surface area contributed by atoms with E-state index >= 15 is 0 Å². The number of nitrogens with zero attached hydrogens (tertiary/aromatic N) is 1. The molecule has 2 rings (SSSR count). The van der Waals surface area contributed by atoms with Crippen molar-refractivity contribution >= 4 is 11.9 Å². The predicted octanol–water partition coefficient (Wildman–Crippen LogP) is 3.22. The molecule has 0 unspecified atom stereocenters. The number of ether oxygens (including phenoxy) is 3. The van der Waals surface area contributed by atoms with Crippen LogP contribution in [0.2, 0.25) is 0 Å². The summed E-state index contributed by atoms with van der Waals surface area (Å²) in [7, 11) is 1.54. The van der Waals surface area contributed by atoms with Crippen molar-refractivity contribution in [3.8, 4) is 0 Å². The van der Waals surface area contributed by atoms with E-state index in [2.05, 4.69) is 0 Å². The molecule has 1 fully saturated rings. The van der Waals surface area contributed by atoms with E-state index in [1.807, 2.05) is 37.3 Å². The molecule has 1 heterocycles. The Morgan fingerprint density at radius 3 is 2.62 bits per heavy atom. The normalized spacial score (nSPS) is 19.0. The molecule has 0 spiro atoms. The van der Waals surface area contributed by atoms with Crippen molar-refractivity contribution in [1.29, 1.82) is 0 Å². The van der Waals surface area contributed by atoms with Crippen molar-refractivity contribution in [1.82, 2.24) is 4.90 Å². The van der Waals surface area contributed by atoms with E-state index in [-0.39, 0.29) is 18.9 Å². The molecule has 1 aliphatic rings. The van der Waals surface area contributed by atoms with Crippen LogP contribution in [0.1, 0.15) is 51.0 Å². The van der Waals surface area contributed by atoms with Gasteiger partial charge in [0, 0.05) is 20.1 Å². The molecular formula is C22H33NO6. The number of amides is 1. The second-order valence-corrected chi connectivity index (χ2v) is 7.34. The number of benzene rings is 1. The van der Waals surface area contributed by atoms with Crippen molar-refractivity contribution in [2.24, 2.45) is 0 Å². The number of carboxylic acids is 1. The SMILES string of the molecule is CCCC[C@H](O[C@@H](Cc1ccccc1)C(=O)N1CCCC[C@@H]1OCOC)C(=O)O. The minimum absolute atomic E-state index is 0.104. The minimum Gasteiger partial charge on any atom is -0.479 e. The Morgan fingerprint density at radius 1 is 1.21 bits per heavy atom. The number of hydrogen-bond acceptors (Lipinski definition) is 5. The van der Waals surface area contributed by atoms with E-state index < -0.39 is 18.2 Å². The Bertz CT molecular complexity index is 623. The highest BCUT2D eigenvalue weighted by Gasteiger charge is 2.35. The Balaban J connectivity index is 2.19. The number of unbranched alkanes of at least 4 members (excludes halogenated alkanes) is 1. The maximum atomic E-state index is 13.4. The molecule has 162 valence electrons. The molecule has 29 heavy (non-hydrogen) atoms. The lowest BCUT2D eigenvalue weighted by molar-refractivity contribution is -0.181. The molecule has 1 aromatic carbocycles. The van der Waals surface area contributed by atoms with Crippen LogP contribution in [0.5, 0.6) is 0 Å². The fourth-order valence-corrected chi connectivity index (χ4v) is 3.52. The van der Waals surface area contributed by atoms with Crippen LogP contribution >= 0.6 is 0 Å². The smallest absolute Gasteiger partial charge is 0.332 e. The molecule has 1 N–H and O–H groups in total. The molecule has 1 aromatic rings. The summed E-state index contributed by atoms with van der Waals surface area (Å²) in [6.45, 7) is 2.67. The van der Waals surface area contributed by atoms with Crippen LogP contribution in [0.25, 0.3) is 0 Å². The predicted molar refractivity (Wildman–Crippen MR) is 108 cm³/mol. The average molecular weight is 408 g/mol. The third-order valence-corrected chi connectivity index (χ3v) is 5.07. The molecule has 7 heteroatoms. The van der Waals surface area contributed by atoms with Crippen molar-refractivity contribution in [2.75, 3.05) is 20.4 Å². The van der Waals surface area contributed by atoms with E-state index in [1.54, 1.807) is 12.0 Å². The third-order valence-electron chi connectivity index (χ3n) is 5.07. The summed E-state index contributed by atoms with van der Waals surface area (Å²) in [4.78, 5) is 26.8. The van der Waals surface area contributed by atoms with Gasteiger partial charge in [-0.3, -0.25) is 4.79 Å². The van der Waals surface area contributed by atoms with Gasteiger partial charge in [-0.1, -0.05) is 50.1 Å². The lowest BCUT2D eigenvalue weighted by Crippen LogP contribution is -2.51. The second-order valence-electron chi connectivity index (χ2n) is 7.34. The van der Waals surface area contributed by atoms with Gasteiger partial charge in [0.1, 0.15) is 19.1 Å². The number of methoxy groups -OCH3 is 1. The van der Waals surface area contributed by atoms with E-state index in [4.69, 9.17) is 14.2 Å². The van der Waals surface area contributed by atoms with Gasteiger partial charge >= 0.3 is 5.97 Å². The number of carbonyl (C=O) groups excluding carboxylic acids is 1. The molecule has 7 nitrogen and oxygen atoms in total. The molecule has 0 saturated carbocycles. The molecule has 3 atom stereocenters. The van der Waals surface area contributed by atoms with Crippen LogP contribution < -0.4 is 0 Å². The summed E-state index contributed by atoms with van der Waals surface area (Å²) in [6, 6.07) is 9.53. The topological polar surface area (TPSA) is 85.3 Å². The quantitative estimate of drug-likeness (QED) is 0.536. The molecule has 1 amide bonds. The van der Waals surface area contributed by atoms with Gasteiger partial charge in [-0.25, -0.2) is 4.79 Å². The number of carbonyl (C=O) groups is 2. The number of piperidine rings is 1. The van der Waals surface area contributed by atoms with Crippen LogP contribution in [-0.2, 0) is 30.2 Å². The van der Waals surface area contributed by atoms with Gasteiger partial charge in [-0.2, -0.15) is 0 Å². The first kappa shape index (κ1) is 23.3. The van der Waals surface area contributed by atoms with Crippen molar-refractivity contribution in [3.05, 3.63) is 35.9 Å². The fraction of sp³-hybridized carbons (Fsp3) is 0.636. The largest absolute Gasteiger partial charge is 0.479 e. The summed E-state index contributed by atoms with van der Waals surface area (Å²) < 4.78 is 16.6. The molecular weight excluding hydrogens is 374 g/mol. The zero-order chi connectivity index (χ0) is 21.1. The second kappa shape index (κ2) is 12.6. The molecule has 0 aliphatic carbocycles. The van der Waals surface area contributed by atoms with Crippen LogP contribution in [0.15, 0.2) is 30.3 Å². The average Bonchev–Trinajstić information content (AvgIpc) is 2.74. The van der Waals surface area contributed by atoms with E-state index in [0.717, 1.165) is 37.7 Å². The minimum atomic E-state index is -1.03. The first-order valence-electron chi connectivity index (χ1n) is 10.4. The zero-order valence-corrected chi connectivity index (χ0v) is 17.4. The van der Waals surface area contributed by atoms with Crippen LogP contribution in [-0.4, -0.2) is 60.8 Å². The number of aliphatic carboxylic acids is 1. The Kier molecular flexibility index (Phi) is 10.1. The van der Waals surface area contributed by atoms with Crippen molar-refractivity contribution in [2.45, 2.75) is 70.3 Å². The van der Waals surface area contributed by atoms with Crippen molar-refractivity contribution in [3.63, 3.8) is 0 Å². The highest BCUT2D eigenvalue weighted by Crippen LogP contribution is 2.22. The summed E-state index contributed by atoms with van der Waals surface area (Å²) in [5, 5.41) is 9.58. The van der Waals surface area contributed by atoms with Gasteiger partial charge < -0.3 is 24.2 Å². The first-order chi connectivity index (χ1) is 14.1. The Labute approximate surface area is 172 Å². The summed E-state index contributed by atoms with van der Waals surface area (Å²) in [5.74, 6) is -1.26. The number of likely N-dealkylation sites (tertiary alicyclic amines) is 1. The van der Waals surface area contributed by atoms with Gasteiger partial charge in [0.25, 0.3) is 5.91 Å². The standard InChI is InChI=1S/C22H33NO6/c1-3-4-12-18(22(25)26)29-19(15-17-10-6-5-7-11-17)21(24)23-14-9-8-13-20(23)28-16-27-2/h5-7,10-11,18-20H,3-4,8-9,12-16H2,1-2H3,(H,25,26)/t18-,19-,20-/m0/s1. The van der Waals surface area contributed by atoms with Crippen LogP contribution in [0, 0.1) is 0 Å². The highest BCUT2D eigenvalue weighted by atomic mass is 16.7. The molecule has 0 bridgehead atoms. The fourth-order valence-electron chi connectivity index (χ4n) is 3.52. The van der Waals surface area contributed by atoms with Gasteiger partial charge in [0.05, 0.1) is 0 Å². The van der Waals surface area contributed by atoms with E-state index in [0.29, 0.717) is 19.4 Å². The lowest BCUT2D eigenvalue weighted by Gasteiger charge is -2.37. The number of rotatable bonds is 12. The van der Waals surface area contributed by atoms with E-state index in [9.17, 15) is 14.7 Å². The van der Waals surface area contributed by atoms with Gasteiger partial charge in [-0.05, 0) is 31.2 Å². The molecule has 0 aromatic heterocycles. The molecule has 1 saturated heterocycles. The Morgan fingerprint density at radius 2 is 1.97 bits per heavy atom. The zero-order valence-electron chi connectivity index (χ0n) is 17.4. The molecule has 1 aliphatic heterocycles. The van der Waals surface area contributed by atoms with Crippen LogP contribution in [0.3, 0.4) is 0 Å². The monoisotopic (exact) mass is 407 g/mol. The maximum Gasteiger partial charge on any atom is 0.332 e. The summed E-state index contributed by atoms with van der Waals surface area (Å²) in [5.41, 5.74) is 0.928. The van der Waals surface area contributed by atoms with Crippen LogP contribution in [0.4, 0.5) is 0 Å². The maximum absolute atomic E-state index is 13.4. The first-order valence-corrected chi connectivity index (χ1v) is 10.4. The summed E-state index contributed by atoms with van der Waals surface area (Å²) >= 11 is 0. The number of hydrogen-bond donors (Lipinski definition) is 1. The van der Waals surface area contributed by atoms with Gasteiger partial charge in [0.15, 0.2) is 6.10 Å². The number of carboxylic acid groups (broad SMARTS) is 1. The van der Waals surface area contributed by atoms with E-state index in [1.165, 1.54) is 0 Å². The molecule has 0 radical (unpaired) electrons. The third kappa shape index (κ3) is 7.42. The van der Waals surface area contributed by atoms with Crippen molar-refractivity contribution < 1.29 is 28.9 Å². The Hall–Kier alpha value is -1.96. The summed E-state index contributed by atoms with van der Waals surface area (Å²) in [6.07, 6.45) is 2.62. The highest BCUT2D eigenvalue weighted by molar-refractivity contribution is 5.82. The van der Waals surface area contributed by atoms with Gasteiger partial charge in [-0.15, -0.1) is 0 Å². The lowest BCUT2D eigenvalue weighted by atomic mass is 10.0.